The molecule has 0 saturated carbocycles. The lowest BCUT2D eigenvalue weighted by Gasteiger charge is -2.25. The summed E-state index contributed by atoms with van der Waals surface area (Å²) in [6, 6.07) is 25.5. The number of aromatic nitrogens is 2. The molecule has 0 aliphatic rings. The summed E-state index contributed by atoms with van der Waals surface area (Å²) < 4.78 is 29.5. The Morgan fingerprint density at radius 2 is 1.50 bits per heavy atom. The predicted molar refractivity (Wildman–Crippen MR) is 143 cm³/mol. The lowest BCUT2D eigenvalue weighted by molar-refractivity contribution is -0.116. The number of rotatable bonds is 8. The van der Waals surface area contributed by atoms with Gasteiger partial charge in [0, 0.05) is 17.7 Å². The molecular weight excluding hydrogens is 472 g/mol. The molecule has 0 unspecified atom stereocenters. The minimum Gasteiger partial charge on any atom is -0.309 e. The predicted octanol–water partition coefficient (Wildman–Crippen LogP) is 5.19. The standard InChI is InChI=1S/C28H30N4O3S/c1-20(2)31(36(34,35)25-16-12-22(4)13-17-25)19-28(33)29-27-18-26(23-8-6-5-7-9-23)30-32(27)24-14-10-21(3)11-15-24/h5-18,20H,19H2,1-4H3,(H,29,33). The largest absolute Gasteiger partial charge is 0.309 e. The second kappa shape index (κ2) is 10.5. The molecule has 186 valence electrons. The maximum atomic E-state index is 13.3. The fourth-order valence-corrected chi connectivity index (χ4v) is 5.41. The first kappa shape index (κ1) is 25.3. The lowest BCUT2D eigenvalue weighted by Crippen LogP contribution is -2.42. The third kappa shape index (κ3) is 5.56. The zero-order valence-corrected chi connectivity index (χ0v) is 21.7. The third-order valence-corrected chi connectivity index (χ3v) is 7.86. The maximum absolute atomic E-state index is 13.3. The van der Waals surface area contributed by atoms with Gasteiger partial charge in [0.05, 0.1) is 22.8 Å². The second-order valence-corrected chi connectivity index (χ2v) is 10.9. The number of amides is 1. The average Bonchev–Trinajstić information content (AvgIpc) is 3.27. The van der Waals surface area contributed by atoms with E-state index in [2.05, 4.69) is 5.32 Å². The van der Waals surface area contributed by atoms with Gasteiger partial charge in [-0.1, -0.05) is 65.7 Å². The van der Waals surface area contributed by atoms with Crippen LogP contribution in [0.1, 0.15) is 25.0 Å². The molecule has 0 spiro atoms. The number of anilines is 1. The lowest BCUT2D eigenvalue weighted by atomic mass is 10.1. The van der Waals surface area contributed by atoms with Crippen molar-refractivity contribution in [1.29, 1.82) is 0 Å². The first-order valence-corrected chi connectivity index (χ1v) is 13.2. The molecule has 0 aliphatic heterocycles. The van der Waals surface area contributed by atoms with E-state index in [0.29, 0.717) is 11.5 Å². The van der Waals surface area contributed by atoms with Gasteiger partial charge in [0.1, 0.15) is 5.82 Å². The fourth-order valence-electron chi connectivity index (χ4n) is 3.82. The number of carbonyl (C=O) groups is 1. The van der Waals surface area contributed by atoms with E-state index >= 15 is 0 Å². The van der Waals surface area contributed by atoms with E-state index in [-0.39, 0.29) is 11.4 Å². The quantitative estimate of drug-likeness (QED) is 0.359. The van der Waals surface area contributed by atoms with Crippen LogP contribution in [0.4, 0.5) is 5.82 Å². The van der Waals surface area contributed by atoms with E-state index in [4.69, 9.17) is 5.10 Å². The van der Waals surface area contributed by atoms with E-state index < -0.39 is 22.0 Å². The zero-order chi connectivity index (χ0) is 25.9. The van der Waals surface area contributed by atoms with Crippen molar-refractivity contribution >= 4 is 21.7 Å². The number of sulfonamides is 1. The maximum Gasteiger partial charge on any atom is 0.243 e. The molecule has 4 aromatic rings. The summed E-state index contributed by atoms with van der Waals surface area (Å²) in [5, 5.41) is 7.61. The number of carbonyl (C=O) groups excluding carboxylic acids is 1. The van der Waals surface area contributed by atoms with Crippen LogP contribution < -0.4 is 5.32 Å². The van der Waals surface area contributed by atoms with E-state index in [1.165, 1.54) is 4.31 Å². The van der Waals surface area contributed by atoms with Crippen molar-refractivity contribution in [3.8, 4) is 16.9 Å². The molecule has 1 N–H and O–H groups in total. The summed E-state index contributed by atoms with van der Waals surface area (Å²) in [7, 11) is -3.86. The van der Waals surface area contributed by atoms with Crippen LogP contribution in [0, 0.1) is 13.8 Å². The van der Waals surface area contributed by atoms with Crippen LogP contribution in [-0.4, -0.2) is 41.0 Å². The molecule has 0 atom stereocenters. The zero-order valence-electron chi connectivity index (χ0n) is 20.8. The molecule has 0 fully saturated rings. The van der Waals surface area contributed by atoms with Crippen LogP contribution in [0.25, 0.3) is 16.9 Å². The van der Waals surface area contributed by atoms with Gasteiger partial charge < -0.3 is 5.32 Å². The molecule has 0 radical (unpaired) electrons. The molecule has 36 heavy (non-hydrogen) atoms. The van der Waals surface area contributed by atoms with Crippen molar-refractivity contribution in [2.24, 2.45) is 0 Å². The third-order valence-electron chi connectivity index (χ3n) is 5.83. The molecule has 1 heterocycles. The molecule has 8 heteroatoms. The number of nitrogens with one attached hydrogen (secondary N) is 1. The van der Waals surface area contributed by atoms with E-state index in [0.717, 1.165) is 22.4 Å². The molecule has 0 bridgehead atoms. The van der Waals surface area contributed by atoms with E-state index in [1.807, 2.05) is 68.4 Å². The van der Waals surface area contributed by atoms with Gasteiger partial charge in [0.2, 0.25) is 15.9 Å². The van der Waals surface area contributed by atoms with Gasteiger partial charge in [-0.25, -0.2) is 13.1 Å². The first-order valence-electron chi connectivity index (χ1n) is 11.8. The Morgan fingerprint density at radius 1 is 0.917 bits per heavy atom. The molecule has 1 amide bonds. The highest BCUT2D eigenvalue weighted by Gasteiger charge is 2.29. The Bertz CT molecular complexity index is 1440. The van der Waals surface area contributed by atoms with Crippen molar-refractivity contribution in [2.45, 2.75) is 38.6 Å². The summed E-state index contributed by atoms with van der Waals surface area (Å²) in [4.78, 5) is 13.3. The fraction of sp³-hybridized carbons (Fsp3) is 0.214. The number of benzene rings is 3. The van der Waals surface area contributed by atoms with Crippen LogP contribution in [0.3, 0.4) is 0 Å². The van der Waals surface area contributed by atoms with Crippen LogP contribution in [0.2, 0.25) is 0 Å². The molecule has 4 rings (SSSR count). The molecular formula is C28H30N4O3S. The van der Waals surface area contributed by atoms with Crippen LogP contribution in [0.15, 0.2) is 89.8 Å². The Balaban J connectivity index is 1.64. The van der Waals surface area contributed by atoms with Crippen LogP contribution >= 0.6 is 0 Å². The highest BCUT2D eigenvalue weighted by Crippen LogP contribution is 2.25. The van der Waals surface area contributed by atoms with Crippen molar-refractivity contribution < 1.29 is 13.2 Å². The molecule has 3 aromatic carbocycles. The van der Waals surface area contributed by atoms with Crippen LogP contribution in [-0.2, 0) is 14.8 Å². The first-order chi connectivity index (χ1) is 17.1. The van der Waals surface area contributed by atoms with Crippen molar-refractivity contribution in [1.82, 2.24) is 14.1 Å². The van der Waals surface area contributed by atoms with Gasteiger partial charge in [-0.15, -0.1) is 0 Å². The summed E-state index contributed by atoms with van der Waals surface area (Å²) in [5.74, 6) is 0.00593. The summed E-state index contributed by atoms with van der Waals surface area (Å²) in [5.41, 5.74) is 4.45. The molecule has 0 aliphatic carbocycles. The van der Waals surface area contributed by atoms with Gasteiger partial charge in [-0.2, -0.15) is 9.40 Å². The Labute approximate surface area is 212 Å². The summed E-state index contributed by atoms with van der Waals surface area (Å²) in [6.45, 7) is 7.07. The Kier molecular flexibility index (Phi) is 7.37. The number of hydrogen-bond donors (Lipinski definition) is 1. The Hall–Kier alpha value is -3.75. The normalized spacial score (nSPS) is 11.7. The Morgan fingerprint density at radius 3 is 2.08 bits per heavy atom. The highest BCUT2D eigenvalue weighted by molar-refractivity contribution is 7.89. The van der Waals surface area contributed by atoms with Crippen molar-refractivity contribution in [3.63, 3.8) is 0 Å². The highest BCUT2D eigenvalue weighted by atomic mass is 32.2. The monoisotopic (exact) mass is 502 g/mol. The smallest absolute Gasteiger partial charge is 0.243 e. The summed E-state index contributed by atoms with van der Waals surface area (Å²) >= 11 is 0. The second-order valence-electron chi connectivity index (χ2n) is 9.03. The van der Waals surface area contributed by atoms with Gasteiger partial charge in [0.25, 0.3) is 0 Å². The topological polar surface area (TPSA) is 84.3 Å². The van der Waals surface area contributed by atoms with Crippen molar-refractivity contribution in [3.05, 3.63) is 96.1 Å². The van der Waals surface area contributed by atoms with Gasteiger partial charge in [-0.05, 0) is 52.0 Å². The van der Waals surface area contributed by atoms with Crippen molar-refractivity contribution in [2.75, 3.05) is 11.9 Å². The van der Waals surface area contributed by atoms with E-state index in [9.17, 15) is 13.2 Å². The molecule has 1 aromatic heterocycles. The van der Waals surface area contributed by atoms with Gasteiger partial charge >= 0.3 is 0 Å². The number of nitrogens with zero attached hydrogens (tertiary/aromatic N) is 3. The van der Waals surface area contributed by atoms with Gasteiger partial charge in [-0.3, -0.25) is 4.79 Å². The number of hydrogen-bond acceptors (Lipinski definition) is 4. The van der Waals surface area contributed by atoms with Crippen LogP contribution in [0.5, 0.6) is 0 Å². The summed E-state index contributed by atoms with van der Waals surface area (Å²) in [6.07, 6.45) is 0. The minimum atomic E-state index is -3.86. The minimum absolute atomic E-state index is 0.158. The average molecular weight is 503 g/mol. The molecule has 7 nitrogen and oxygen atoms in total. The van der Waals surface area contributed by atoms with E-state index in [1.54, 1.807) is 48.9 Å². The number of aryl methyl sites for hydroxylation is 2. The van der Waals surface area contributed by atoms with Gasteiger partial charge in [0.15, 0.2) is 0 Å². The SMILES string of the molecule is Cc1ccc(-n2nc(-c3ccccc3)cc2NC(=O)CN(C(C)C)S(=O)(=O)c2ccc(C)cc2)cc1. The molecule has 0 saturated heterocycles.